The third-order valence-electron chi connectivity index (χ3n) is 3.77. The number of hydrogen-bond donors (Lipinski definition) is 2. The summed E-state index contributed by atoms with van der Waals surface area (Å²) in [5.41, 5.74) is 2.08. The highest BCUT2D eigenvalue weighted by atomic mass is 16.2. The molecule has 3 heterocycles. The number of H-pyrrole nitrogens is 1. The molecule has 2 N–H and O–H groups in total. The monoisotopic (exact) mass is 334 g/mol. The lowest BCUT2D eigenvalue weighted by Gasteiger charge is -2.04. The molecule has 0 saturated heterocycles. The standard InChI is InChI=1S/C17H14N6O2/c1-22-10-11(8-18-22)14-7-15(24)23-16(21-14)13(9-19-23)17(25)20-12-5-3-2-4-6-12/h2-10,19H,1H3,(H,20,25). The Morgan fingerprint density at radius 1 is 1.24 bits per heavy atom. The number of aromatic nitrogens is 5. The average Bonchev–Trinajstić information content (AvgIpc) is 3.22. The Balaban J connectivity index is 1.78. The van der Waals surface area contributed by atoms with E-state index < -0.39 is 0 Å². The third kappa shape index (κ3) is 2.69. The second kappa shape index (κ2) is 5.75. The summed E-state index contributed by atoms with van der Waals surface area (Å²) in [6, 6.07) is 10.5. The number of fused-ring (bicyclic) bond motifs is 1. The molecule has 0 spiro atoms. The van der Waals surface area contributed by atoms with Gasteiger partial charge in [0.15, 0.2) is 5.65 Å². The first kappa shape index (κ1) is 14.9. The van der Waals surface area contributed by atoms with Gasteiger partial charge >= 0.3 is 0 Å². The molecule has 1 amide bonds. The molecule has 0 saturated carbocycles. The SMILES string of the molecule is Cn1cc(-c2cc(=O)n3[nH]cc(C(=O)Nc4ccccc4)c3n2)cn1. The lowest BCUT2D eigenvalue weighted by molar-refractivity contribution is 0.102. The molecule has 0 radical (unpaired) electrons. The van der Waals surface area contributed by atoms with Gasteiger partial charge < -0.3 is 5.32 Å². The fourth-order valence-electron chi connectivity index (χ4n) is 2.57. The Hall–Kier alpha value is -3.68. The number of nitrogens with zero attached hydrogens (tertiary/aromatic N) is 4. The van der Waals surface area contributed by atoms with Gasteiger partial charge in [0.1, 0.15) is 5.56 Å². The molecule has 124 valence electrons. The molecule has 3 aromatic heterocycles. The molecule has 0 fully saturated rings. The molecule has 1 aromatic carbocycles. The highest BCUT2D eigenvalue weighted by Crippen LogP contribution is 2.17. The Morgan fingerprint density at radius 2 is 2.04 bits per heavy atom. The van der Waals surface area contributed by atoms with Gasteiger partial charge in [-0.05, 0) is 12.1 Å². The van der Waals surface area contributed by atoms with Crippen LogP contribution in [0.25, 0.3) is 16.9 Å². The van der Waals surface area contributed by atoms with E-state index in [9.17, 15) is 9.59 Å². The predicted octanol–water partition coefficient (Wildman–Crippen LogP) is 1.68. The molecule has 8 nitrogen and oxygen atoms in total. The van der Waals surface area contributed by atoms with Gasteiger partial charge in [0, 0.05) is 36.8 Å². The quantitative estimate of drug-likeness (QED) is 0.595. The van der Waals surface area contributed by atoms with Crippen LogP contribution in [-0.2, 0) is 7.05 Å². The first-order chi connectivity index (χ1) is 12.1. The Labute approximate surface area is 141 Å². The molecule has 0 bridgehead atoms. The minimum Gasteiger partial charge on any atom is -0.322 e. The summed E-state index contributed by atoms with van der Waals surface area (Å²) in [5, 5.41) is 9.64. The lowest BCUT2D eigenvalue weighted by atomic mass is 10.2. The van der Waals surface area contributed by atoms with Crippen molar-refractivity contribution in [2.45, 2.75) is 0 Å². The van der Waals surface area contributed by atoms with Gasteiger partial charge in [0.2, 0.25) is 0 Å². The minimum absolute atomic E-state index is 0.264. The van der Waals surface area contributed by atoms with Gasteiger partial charge in [-0.25, -0.2) is 9.50 Å². The van der Waals surface area contributed by atoms with Gasteiger partial charge in [0.05, 0.1) is 11.9 Å². The fourth-order valence-corrected chi connectivity index (χ4v) is 2.57. The summed E-state index contributed by atoms with van der Waals surface area (Å²) in [7, 11) is 1.78. The van der Waals surface area contributed by atoms with Crippen LogP contribution in [-0.4, -0.2) is 30.3 Å². The van der Waals surface area contributed by atoms with E-state index in [1.54, 1.807) is 36.3 Å². The van der Waals surface area contributed by atoms with E-state index in [1.807, 2.05) is 18.2 Å². The van der Waals surface area contributed by atoms with Crippen LogP contribution in [0, 0.1) is 0 Å². The van der Waals surface area contributed by atoms with Crippen LogP contribution in [0.5, 0.6) is 0 Å². The van der Waals surface area contributed by atoms with Crippen molar-refractivity contribution in [1.29, 1.82) is 0 Å². The van der Waals surface area contributed by atoms with Crippen molar-refractivity contribution < 1.29 is 4.79 Å². The molecule has 25 heavy (non-hydrogen) atoms. The van der Waals surface area contributed by atoms with Crippen molar-refractivity contribution >= 4 is 17.2 Å². The first-order valence-electron chi connectivity index (χ1n) is 7.58. The summed E-state index contributed by atoms with van der Waals surface area (Å²) in [6.07, 6.45) is 4.85. The number of carbonyl (C=O) groups excluding carboxylic acids is 1. The van der Waals surface area contributed by atoms with Crippen molar-refractivity contribution in [1.82, 2.24) is 24.4 Å². The van der Waals surface area contributed by atoms with E-state index >= 15 is 0 Å². The van der Waals surface area contributed by atoms with Crippen molar-refractivity contribution in [3.63, 3.8) is 0 Å². The van der Waals surface area contributed by atoms with E-state index in [-0.39, 0.29) is 22.7 Å². The van der Waals surface area contributed by atoms with Gasteiger partial charge in [0.25, 0.3) is 11.5 Å². The second-order valence-electron chi connectivity index (χ2n) is 5.55. The molecule has 0 unspecified atom stereocenters. The van der Waals surface area contributed by atoms with Crippen LogP contribution >= 0.6 is 0 Å². The predicted molar refractivity (Wildman–Crippen MR) is 92.4 cm³/mol. The smallest absolute Gasteiger partial charge is 0.273 e. The minimum atomic E-state index is -0.347. The number of hydrogen-bond acceptors (Lipinski definition) is 4. The summed E-state index contributed by atoms with van der Waals surface area (Å²) < 4.78 is 2.86. The van der Waals surface area contributed by atoms with Gasteiger partial charge in [-0.3, -0.25) is 19.4 Å². The molecule has 8 heteroatoms. The molecular formula is C17H14N6O2. The van der Waals surface area contributed by atoms with Crippen LogP contribution in [0.15, 0.2) is 59.8 Å². The first-order valence-corrected chi connectivity index (χ1v) is 7.58. The normalized spacial score (nSPS) is 10.9. The van der Waals surface area contributed by atoms with Gasteiger partial charge in [-0.15, -0.1) is 0 Å². The Morgan fingerprint density at radius 3 is 2.76 bits per heavy atom. The average molecular weight is 334 g/mol. The van der Waals surface area contributed by atoms with Gasteiger partial charge in [-0.1, -0.05) is 18.2 Å². The number of anilines is 1. The number of benzene rings is 1. The lowest BCUT2D eigenvalue weighted by Crippen LogP contribution is -2.16. The zero-order valence-electron chi connectivity index (χ0n) is 13.3. The van der Waals surface area contributed by atoms with Crippen LogP contribution in [0.3, 0.4) is 0 Å². The topological polar surface area (TPSA) is 97.1 Å². The Bertz CT molecular complexity index is 1120. The maximum atomic E-state index is 12.5. The van der Waals surface area contributed by atoms with Crippen molar-refractivity contribution in [3.8, 4) is 11.3 Å². The van der Waals surface area contributed by atoms with Crippen molar-refractivity contribution in [3.05, 3.63) is 70.9 Å². The number of nitrogens with one attached hydrogen (secondary N) is 2. The third-order valence-corrected chi connectivity index (χ3v) is 3.77. The molecule has 0 aliphatic heterocycles. The highest BCUT2D eigenvalue weighted by molar-refractivity contribution is 6.08. The molecule has 0 atom stereocenters. The molecule has 4 rings (SSSR count). The van der Waals surface area contributed by atoms with Crippen LogP contribution in [0.2, 0.25) is 0 Å². The number of aromatic amines is 1. The maximum Gasteiger partial charge on any atom is 0.273 e. The molecule has 0 aliphatic carbocycles. The number of amides is 1. The summed E-state index contributed by atoms with van der Waals surface area (Å²) in [5.74, 6) is -0.347. The summed E-state index contributed by atoms with van der Waals surface area (Å²) in [6.45, 7) is 0. The van der Waals surface area contributed by atoms with E-state index in [1.165, 1.54) is 16.8 Å². The summed E-state index contributed by atoms with van der Waals surface area (Å²) >= 11 is 0. The molecule has 0 aliphatic rings. The summed E-state index contributed by atoms with van der Waals surface area (Å²) in [4.78, 5) is 29.3. The number of para-hydroxylation sites is 1. The zero-order chi connectivity index (χ0) is 17.4. The number of aryl methyl sites for hydroxylation is 1. The Kier molecular flexibility index (Phi) is 3.42. The molecular weight excluding hydrogens is 320 g/mol. The van der Waals surface area contributed by atoms with E-state index in [4.69, 9.17) is 0 Å². The van der Waals surface area contributed by atoms with Crippen molar-refractivity contribution in [2.75, 3.05) is 5.32 Å². The molecule has 4 aromatic rings. The van der Waals surface area contributed by atoms with Crippen molar-refractivity contribution in [2.24, 2.45) is 7.05 Å². The fraction of sp³-hybridized carbons (Fsp3) is 0.0588. The largest absolute Gasteiger partial charge is 0.322 e. The maximum absolute atomic E-state index is 12.5. The van der Waals surface area contributed by atoms with E-state index in [2.05, 4.69) is 20.5 Å². The van der Waals surface area contributed by atoms with E-state index in [0.29, 0.717) is 16.9 Å². The van der Waals surface area contributed by atoms with Crippen LogP contribution in [0.4, 0.5) is 5.69 Å². The zero-order valence-corrected chi connectivity index (χ0v) is 13.3. The van der Waals surface area contributed by atoms with E-state index in [0.717, 1.165) is 0 Å². The van der Waals surface area contributed by atoms with Crippen LogP contribution in [0.1, 0.15) is 10.4 Å². The highest BCUT2D eigenvalue weighted by Gasteiger charge is 2.16. The number of carbonyl (C=O) groups is 1. The number of rotatable bonds is 3. The van der Waals surface area contributed by atoms with Gasteiger partial charge in [-0.2, -0.15) is 5.10 Å². The van der Waals surface area contributed by atoms with Crippen LogP contribution < -0.4 is 10.9 Å². The second-order valence-corrected chi connectivity index (χ2v) is 5.55.